The molecule has 0 aliphatic carbocycles. The smallest absolute Gasteiger partial charge is 0.227 e. The van der Waals surface area contributed by atoms with Gasteiger partial charge < -0.3 is 10.2 Å². The Bertz CT molecular complexity index is 584. The fourth-order valence-electron chi connectivity index (χ4n) is 1.82. The number of nitrogens with zero attached hydrogens (tertiary/aromatic N) is 2. The highest BCUT2D eigenvalue weighted by atomic mass is 16.5. The molecule has 19 heavy (non-hydrogen) atoms. The molecular weight excluding hydrogens is 240 g/mol. The SMILES string of the molecule is CCc1c(NN)ncnc1Oc1ccc(C)c(C)c1. The van der Waals surface area contributed by atoms with Crippen molar-refractivity contribution in [3.05, 3.63) is 41.2 Å². The van der Waals surface area contributed by atoms with E-state index in [1.165, 1.54) is 17.5 Å². The molecule has 0 bridgehead atoms. The van der Waals surface area contributed by atoms with E-state index in [1.54, 1.807) is 0 Å². The summed E-state index contributed by atoms with van der Waals surface area (Å²) >= 11 is 0. The number of nitrogen functional groups attached to an aromatic ring is 1. The normalized spacial score (nSPS) is 10.3. The maximum Gasteiger partial charge on any atom is 0.227 e. The predicted molar refractivity (Wildman–Crippen MR) is 75.2 cm³/mol. The molecule has 2 aromatic rings. The Morgan fingerprint density at radius 3 is 2.63 bits per heavy atom. The van der Waals surface area contributed by atoms with E-state index in [-0.39, 0.29) is 0 Å². The lowest BCUT2D eigenvalue weighted by molar-refractivity contribution is 0.455. The first kappa shape index (κ1) is 13.3. The third-order valence-electron chi connectivity index (χ3n) is 3.09. The summed E-state index contributed by atoms with van der Waals surface area (Å²) in [4.78, 5) is 8.25. The van der Waals surface area contributed by atoms with Gasteiger partial charge in [-0.15, -0.1) is 0 Å². The number of benzene rings is 1. The topological polar surface area (TPSA) is 73.1 Å². The lowest BCUT2D eigenvalue weighted by Gasteiger charge is -2.12. The van der Waals surface area contributed by atoms with Gasteiger partial charge in [0.25, 0.3) is 0 Å². The largest absolute Gasteiger partial charge is 0.439 e. The molecule has 0 atom stereocenters. The van der Waals surface area contributed by atoms with Gasteiger partial charge in [-0.2, -0.15) is 0 Å². The zero-order valence-electron chi connectivity index (χ0n) is 11.4. The Labute approximate surface area is 112 Å². The quantitative estimate of drug-likeness (QED) is 0.651. The molecule has 0 saturated heterocycles. The minimum atomic E-state index is 0.536. The molecule has 1 aromatic carbocycles. The third kappa shape index (κ3) is 2.82. The van der Waals surface area contributed by atoms with Crippen LogP contribution in [0.4, 0.5) is 5.82 Å². The number of anilines is 1. The van der Waals surface area contributed by atoms with E-state index >= 15 is 0 Å². The maximum atomic E-state index is 5.83. The van der Waals surface area contributed by atoms with Crippen LogP contribution in [-0.2, 0) is 6.42 Å². The van der Waals surface area contributed by atoms with Gasteiger partial charge in [0.05, 0.1) is 5.56 Å². The highest BCUT2D eigenvalue weighted by Gasteiger charge is 2.11. The van der Waals surface area contributed by atoms with E-state index in [2.05, 4.69) is 29.2 Å². The van der Waals surface area contributed by atoms with Crippen molar-refractivity contribution < 1.29 is 4.74 Å². The lowest BCUT2D eigenvalue weighted by atomic mass is 10.1. The van der Waals surface area contributed by atoms with Crippen molar-refractivity contribution in [3.8, 4) is 11.6 Å². The summed E-state index contributed by atoms with van der Waals surface area (Å²) < 4.78 is 5.83. The lowest BCUT2D eigenvalue weighted by Crippen LogP contribution is -2.12. The average Bonchev–Trinajstić information content (AvgIpc) is 2.42. The first-order valence-electron chi connectivity index (χ1n) is 6.21. The van der Waals surface area contributed by atoms with Crippen molar-refractivity contribution >= 4 is 5.82 Å². The number of aromatic nitrogens is 2. The van der Waals surface area contributed by atoms with Gasteiger partial charge in [0, 0.05) is 0 Å². The van der Waals surface area contributed by atoms with Gasteiger partial charge in [0.2, 0.25) is 5.88 Å². The van der Waals surface area contributed by atoms with Crippen LogP contribution in [0.5, 0.6) is 11.6 Å². The average molecular weight is 258 g/mol. The molecule has 0 aliphatic heterocycles. The van der Waals surface area contributed by atoms with Crippen LogP contribution in [0.25, 0.3) is 0 Å². The monoisotopic (exact) mass is 258 g/mol. The van der Waals surface area contributed by atoms with E-state index < -0.39 is 0 Å². The van der Waals surface area contributed by atoms with Crippen LogP contribution in [0, 0.1) is 13.8 Å². The summed E-state index contributed by atoms with van der Waals surface area (Å²) in [5.74, 6) is 7.33. The molecule has 5 heteroatoms. The molecule has 0 amide bonds. The number of hydrogen-bond donors (Lipinski definition) is 2. The van der Waals surface area contributed by atoms with Crippen LogP contribution in [-0.4, -0.2) is 9.97 Å². The summed E-state index contributed by atoms with van der Waals surface area (Å²) in [7, 11) is 0. The van der Waals surface area contributed by atoms with E-state index in [1.807, 2.05) is 25.1 Å². The summed E-state index contributed by atoms with van der Waals surface area (Å²) in [6.45, 7) is 6.13. The van der Waals surface area contributed by atoms with E-state index in [4.69, 9.17) is 10.6 Å². The zero-order chi connectivity index (χ0) is 13.8. The molecule has 0 radical (unpaired) electrons. The van der Waals surface area contributed by atoms with Crippen molar-refractivity contribution in [3.63, 3.8) is 0 Å². The van der Waals surface area contributed by atoms with Gasteiger partial charge in [-0.3, -0.25) is 0 Å². The Morgan fingerprint density at radius 2 is 2.00 bits per heavy atom. The summed E-state index contributed by atoms with van der Waals surface area (Å²) in [5, 5.41) is 0. The number of nitrogens with two attached hydrogens (primary N) is 1. The molecular formula is C14H18N4O. The second-order valence-corrected chi connectivity index (χ2v) is 4.35. The van der Waals surface area contributed by atoms with E-state index in [9.17, 15) is 0 Å². The van der Waals surface area contributed by atoms with Gasteiger partial charge in [0.15, 0.2) is 0 Å². The Kier molecular flexibility index (Phi) is 3.97. The highest BCUT2D eigenvalue weighted by molar-refractivity contribution is 5.49. The van der Waals surface area contributed by atoms with Crippen LogP contribution in [0.15, 0.2) is 24.5 Å². The van der Waals surface area contributed by atoms with Crippen LogP contribution in [0.3, 0.4) is 0 Å². The van der Waals surface area contributed by atoms with Gasteiger partial charge in [-0.05, 0) is 43.5 Å². The van der Waals surface area contributed by atoms with Gasteiger partial charge in [-0.1, -0.05) is 13.0 Å². The number of nitrogens with one attached hydrogen (secondary N) is 1. The molecule has 0 unspecified atom stereocenters. The molecule has 3 N–H and O–H groups in total. The first-order valence-corrected chi connectivity index (χ1v) is 6.21. The first-order chi connectivity index (χ1) is 9.15. The summed E-state index contributed by atoms with van der Waals surface area (Å²) in [6, 6.07) is 5.95. The Hall–Kier alpha value is -2.14. The van der Waals surface area contributed by atoms with Crippen LogP contribution in [0.2, 0.25) is 0 Å². The van der Waals surface area contributed by atoms with Crippen molar-refractivity contribution in [1.29, 1.82) is 0 Å². The fraction of sp³-hybridized carbons (Fsp3) is 0.286. The number of rotatable bonds is 4. The summed E-state index contributed by atoms with van der Waals surface area (Å²) in [5.41, 5.74) is 5.84. The van der Waals surface area contributed by atoms with Gasteiger partial charge in [-0.25, -0.2) is 15.8 Å². The number of hydrazine groups is 1. The number of ether oxygens (including phenoxy) is 1. The number of aryl methyl sites for hydroxylation is 2. The third-order valence-corrected chi connectivity index (χ3v) is 3.09. The maximum absolute atomic E-state index is 5.83. The number of hydrogen-bond acceptors (Lipinski definition) is 5. The molecule has 0 saturated carbocycles. The second kappa shape index (κ2) is 5.67. The molecule has 1 heterocycles. The van der Waals surface area contributed by atoms with Gasteiger partial charge in [0.1, 0.15) is 17.9 Å². The zero-order valence-corrected chi connectivity index (χ0v) is 11.4. The molecule has 2 rings (SSSR count). The minimum Gasteiger partial charge on any atom is -0.439 e. The predicted octanol–water partition coefficient (Wildman–Crippen LogP) is 2.73. The highest BCUT2D eigenvalue weighted by Crippen LogP contribution is 2.28. The van der Waals surface area contributed by atoms with Crippen molar-refractivity contribution in [2.45, 2.75) is 27.2 Å². The summed E-state index contributed by atoms with van der Waals surface area (Å²) in [6.07, 6.45) is 2.17. The Balaban J connectivity index is 2.35. The van der Waals surface area contributed by atoms with Crippen LogP contribution in [0.1, 0.15) is 23.6 Å². The van der Waals surface area contributed by atoms with Crippen molar-refractivity contribution in [1.82, 2.24) is 9.97 Å². The van der Waals surface area contributed by atoms with Crippen LogP contribution < -0.4 is 16.0 Å². The molecule has 0 fully saturated rings. The van der Waals surface area contributed by atoms with Gasteiger partial charge >= 0.3 is 0 Å². The fourth-order valence-corrected chi connectivity index (χ4v) is 1.82. The molecule has 0 spiro atoms. The molecule has 100 valence electrons. The minimum absolute atomic E-state index is 0.536. The van der Waals surface area contributed by atoms with E-state index in [0.717, 1.165) is 17.7 Å². The van der Waals surface area contributed by atoms with Crippen molar-refractivity contribution in [2.75, 3.05) is 5.43 Å². The van der Waals surface area contributed by atoms with E-state index in [0.29, 0.717) is 11.7 Å². The van der Waals surface area contributed by atoms with Crippen molar-refractivity contribution in [2.24, 2.45) is 5.84 Å². The van der Waals surface area contributed by atoms with Crippen LogP contribution >= 0.6 is 0 Å². The Morgan fingerprint density at radius 1 is 1.21 bits per heavy atom. The standard InChI is InChI=1S/C14H18N4O/c1-4-12-13(18-15)16-8-17-14(12)19-11-6-5-9(2)10(3)7-11/h5-8H,4,15H2,1-3H3,(H,16,17,18). The molecule has 0 aliphatic rings. The molecule has 1 aromatic heterocycles. The molecule has 5 nitrogen and oxygen atoms in total. The second-order valence-electron chi connectivity index (χ2n) is 4.35.